The molecule has 0 aliphatic rings. The molecule has 0 aromatic carbocycles. The summed E-state index contributed by atoms with van der Waals surface area (Å²) >= 11 is 0. The molecule has 0 saturated carbocycles. The average molecular weight is 534 g/mol. The van der Waals surface area contributed by atoms with Gasteiger partial charge in [-0.15, -0.1) is 0 Å². The maximum Gasteiger partial charge on any atom is 1.00 e. The van der Waals surface area contributed by atoms with Crippen molar-refractivity contribution in [2.75, 3.05) is 0 Å². The SMILES string of the molecule is O=C([O-])C(=O)[O-].[Fr+].[Fr+]. The summed E-state index contributed by atoms with van der Waals surface area (Å²) < 4.78 is 0. The molecular weight excluding hydrogens is 534 g/mol. The first kappa shape index (κ1) is 16.6. The molecule has 0 unspecified atom stereocenters. The summed E-state index contributed by atoms with van der Waals surface area (Å²) in [4.78, 5) is 17.9. The van der Waals surface area contributed by atoms with Gasteiger partial charge in [-0.2, -0.15) is 0 Å². The maximum atomic E-state index is 8.93. The van der Waals surface area contributed by atoms with Gasteiger partial charge in [0.2, 0.25) is 0 Å². The van der Waals surface area contributed by atoms with E-state index in [1.807, 2.05) is 0 Å². The normalized spacial score (nSPS) is 5.50. The first-order valence-electron chi connectivity index (χ1n) is 1.07. The van der Waals surface area contributed by atoms with E-state index in [0.29, 0.717) is 0 Å². The van der Waals surface area contributed by atoms with E-state index in [9.17, 15) is 0 Å². The molecular formula is C2Fr2O4. The van der Waals surface area contributed by atoms with Gasteiger partial charge in [-0.1, -0.05) is 0 Å². The van der Waals surface area contributed by atoms with E-state index in [1.54, 1.807) is 0 Å². The second-order valence-electron chi connectivity index (χ2n) is 0.575. The minimum Gasteiger partial charge on any atom is -0.543 e. The number of hydrogen-bond acceptors (Lipinski definition) is 4. The number of carbonyl (C=O) groups is 2. The fourth-order valence-corrected chi connectivity index (χ4v) is 0. The van der Waals surface area contributed by atoms with Crippen LogP contribution in [-0.4, -0.2) is 11.9 Å². The molecule has 0 atom stereocenters. The molecule has 0 heterocycles. The van der Waals surface area contributed by atoms with Gasteiger partial charge in [0.15, 0.2) is 0 Å². The van der Waals surface area contributed by atoms with Crippen LogP contribution in [0.3, 0.4) is 0 Å². The first-order valence-corrected chi connectivity index (χ1v) is 1.07. The van der Waals surface area contributed by atoms with E-state index >= 15 is 0 Å². The first-order chi connectivity index (χ1) is 2.64. The minimum absolute atomic E-state index is 0. The Morgan fingerprint density at radius 3 is 1.00 bits per heavy atom. The number of rotatable bonds is 0. The van der Waals surface area contributed by atoms with Crippen LogP contribution in [0.25, 0.3) is 0 Å². The second-order valence-corrected chi connectivity index (χ2v) is 0.575. The summed E-state index contributed by atoms with van der Waals surface area (Å²) in [5, 5.41) is 17.9. The van der Waals surface area contributed by atoms with Crippen LogP contribution < -0.4 is 10.2 Å². The monoisotopic (exact) mass is 534 g/mol. The Kier molecular flexibility index (Phi) is 19.0. The van der Waals surface area contributed by atoms with Gasteiger partial charge in [0.05, 0.1) is 11.9 Å². The van der Waals surface area contributed by atoms with Crippen LogP contribution in [0.15, 0.2) is 0 Å². The Balaban J connectivity index is -0.000000125. The summed E-state index contributed by atoms with van der Waals surface area (Å²) in [5.74, 6) is -4.37. The summed E-state index contributed by atoms with van der Waals surface area (Å²) in [6.45, 7) is 0. The molecule has 0 amide bonds. The summed E-state index contributed by atoms with van der Waals surface area (Å²) in [6, 6.07) is 0. The van der Waals surface area contributed by atoms with Gasteiger partial charge in [0.1, 0.15) is 0 Å². The molecule has 0 bridgehead atoms. The zero-order valence-electron chi connectivity index (χ0n) is 4.63. The van der Waals surface area contributed by atoms with Crippen molar-refractivity contribution in [1.29, 1.82) is 0 Å². The van der Waals surface area contributed by atoms with E-state index < -0.39 is 11.9 Å². The predicted octanol–water partition coefficient (Wildman–Crippen LogP) is -3.51. The molecule has 0 radical (unpaired) electrons. The number of carboxylic acids is 2. The van der Waals surface area contributed by atoms with Gasteiger partial charge in [-0.25, -0.2) is 0 Å². The van der Waals surface area contributed by atoms with Crippen molar-refractivity contribution in [3.05, 3.63) is 0 Å². The standard InChI is InChI=1S/C2H2O4.2Fr/c3-1(4)2(5)6;;/h(H,3,4)(H,5,6);;/q;2*+1/p-2. The van der Waals surface area contributed by atoms with Crippen LogP contribution in [0, 0.1) is 99.7 Å². The largest absolute Gasteiger partial charge is 1.00 e. The quantitative estimate of drug-likeness (QED) is 0.303. The molecule has 8 heavy (non-hydrogen) atoms. The molecule has 6 heteroatoms. The number of hydrogen-bond donors (Lipinski definition) is 0. The van der Waals surface area contributed by atoms with E-state index in [2.05, 4.69) is 0 Å². The number of carboxylic acid groups (broad SMARTS) is 2. The molecule has 0 aliphatic heterocycles. The van der Waals surface area contributed by atoms with Gasteiger partial charge < -0.3 is 19.8 Å². The molecule has 0 aromatic rings. The van der Waals surface area contributed by atoms with E-state index in [4.69, 9.17) is 19.8 Å². The molecule has 0 saturated heterocycles. The smallest absolute Gasteiger partial charge is 0.543 e. The molecule has 34 valence electrons. The molecule has 0 spiro atoms. The van der Waals surface area contributed by atoms with Crippen molar-refractivity contribution in [3.8, 4) is 0 Å². The Bertz CT molecular complexity index is 78.0. The van der Waals surface area contributed by atoms with Crippen molar-refractivity contribution < 1.29 is 120 Å². The third-order valence-electron chi connectivity index (χ3n) is 0.167. The third kappa shape index (κ3) is 11.0. The van der Waals surface area contributed by atoms with Crippen molar-refractivity contribution in [2.45, 2.75) is 0 Å². The van der Waals surface area contributed by atoms with Gasteiger partial charge >= 0.3 is 99.7 Å². The molecule has 0 aliphatic carbocycles. The van der Waals surface area contributed by atoms with E-state index in [1.165, 1.54) is 0 Å². The fraction of sp³-hybridized carbons (Fsp3) is 0. The van der Waals surface area contributed by atoms with Gasteiger partial charge in [-0.05, 0) is 0 Å². The van der Waals surface area contributed by atoms with Gasteiger partial charge in [0.25, 0.3) is 0 Å². The van der Waals surface area contributed by atoms with Crippen LogP contribution in [-0.2, 0) is 9.59 Å². The van der Waals surface area contributed by atoms with Crippen molar-refractivity contribution in [2.24, 2.45) is 0 Å². The summed E-state index contributed by atoms with van der Waals surface area (Å²) in [5.41, 5.74) is 0. The zero-order valence-corrected chi connectivity index (χ0v) is 21.1. The number of carbonyl (C=O) groups excluding carboxylic acids is 2. The minimum atomic E-state index is -2.19. The Hall–Kier alpha value is 2.13. The van der Waals surface area contributed by atoms with Crippen LogP contribution in [0.2, 0.25) is 0 Å². The number of aliphatic carboxylic acids is 2. The van der Waals surface area contributed by atoms with Gasteiger partial charge in [-0.3, -0.25) is 0 Å². The third-order valence-corrected chi connectivity index (χ3v) is 0.167. The molecule has 0 rings (SSSR count). The van der Waals surface area contributed by atoms with Crippen molar-refractivity contribution in [1.82, 2.24) is 0 Å². The molecule has 0 aromatic heterocycles. The van der Waals surface area contributed by atoms with Crippen LogP contribution >= 0.6 is 0 Å². The zero-order chi connectivity index (χ0) is 5.15. The summed E-state index contributed by atoms with van der Waals surface area (Å²) in [7, 11) is 0. The predicted molar refractivity (Wildman–Crippen MR) is 10.0 cm³/mol. The topological polar surface area (TPSA) is 80.3 Å². The van der Waals surface area contributed by atoms with Gasteiger partial charge in [0, 0.05) is 0 Å². The Morgan fingerprint density at radius 2 is 1.00 bits per heavy atom. The van der Waals surface area contributed by atoms with Crippen LogP contribution in [0.4, 0.5) is 0 Å². The van der Waals surface area contributed by atoms with Crippen LogP contribution in [0.1, 0.15) is 0 Å². The van der Waals surface area contributed by atoms with Crippen LogP contribution in [0.5, 0.6) is 0 Å². The maximum absolute atomic E-state index is 8.93. The van der Waals surface area contributed by atoms with E-state index in [0.717, 1.165) is 0 Å². The second kappa shape index (κ2) is 9.13. The van der Waals surface area contributed by atoms with Crippen molar-refractivity contribution >= 4 is 11.9 Å². The fourth-order valence-electron chi connectivity index (χ4n) is 0. The van der Waals surface area contributed by atoms with E-state index in [-0.39, 0.29) is 99.7 Å². The average Bonchev–Trinajstić information content (AvgIpc) is 1.36. The molecule has 0 fully saturated rings. The van der Waals surface area contributed by atoms with Crippen molar-refractivity contribution in [3.63, 3.8) is 0 Å². The Morgan fingerprint density at radius 1 is 0.875 bits per heavy atom. The molecule has 4 nitrogen and oxygen atoms in total. The molecule has 0 N–H and O–H groups in total. The Labute approximate surface area is 128 Å². The summed E-state index contributed by atoms with van der Waals surface area (Å²) in [6.07, 6.45) is 0.